The Morgan fingerprint density at radius 1 is 0.907 bits per heavy atom. The van der Waals surface area contributed by atoms with Gasteiger partial charge in [0.05, 0.1) is 11.9 Å². The molecule has 1 unspecified atom stereocenters. The number of nitrogens with two attached hydrogens (primary N) is 1. The van der Waals surface area contributed by atoms with Crippen molar-refractivity contribution in [2.75, 3.05) is 18.1 Å². The fraction of sp³-hybridized carbons (Fsp3) is 0.567. The highest BCUT2D eigenvalue weighted by atomic mass is 16.7. The van der Waals surface area contributed by atoms with Crippen LogP contribution in [0.4, 0.5) is 21.1 Å². The summed E-state index contributed by atoms with van der Waals surface area (Å²) in [6.07, 6.45) is 3.52. The second-order valence-corrected chi connectivity index (χ2v) is 12.7. The molecule has 0 aliphatic rings. The summed E-state index contributed by atoms with van der Waals surface area (Å²) in [6, 6.07) is 6.72. The Kier molecular flexibility index (Phi) is 12.3. The van der Waals surface area contributed by atoms with Gasteiger partial charge in [-0.3, -0.25) is 4.84 Å². The van der Waals surface area contributed by atoms with Crippen LogP contribution >= 0.6 is 0 Å². The maximum absolute atomic E-state index is 13.2. The molecule has 0 aromatic carbocycles. The Bertz CT molecular complexity index is 1200. The fourth-order valence-electron chi connectivity index (χ4n) is 3.45. The molecule has 0 fully saturated rings. The van der Waals surface area contributed by atoms with Crippen molar-refractivity contribution in [1.82, 2.24) is 10.3 Å². The Hall–Kier alpha value is -3.97. The summed E-state index contributed by atoms with van der Waals surface area (Å²) in [7, 11) is 0. The minimum atomic E-state index is -1.14. The molecule has 3 N–H and O–H groups in total. The lowest BCUT2D eigenvalue weighted by molar-refractivity contribution is -0.697. The molecule has 0 aliphatic heterocycles. The molecule has 13 heteroatoms. The standard InChI is InChI=1S/C30H45N5O8/c1-28(2,3)40-25(36)23(43-31)20-39-22-11-12-24(33-19-22)35(27(38)42-30(7,8)9)21-13-17-34(18-14-21)16-10-15-32-26(37)41-29(4,5)6/h11-14,17-19,23H,10,15-16,20,31H2,1-9H3/p+1. The lowest BCUT2D eigenvalue weighted by Crippen LogP contribution is -2.38. The van der Waals surface area contributed by atoms with Gasteiger partial charge in [0.25, 0.3) is 0 Å². The number of nitrogens with zero attached hydrogens (tertiary/aromatic N) is 3. The Morgan fingerprint density at radius 2 is 1.51 bits per heavy atom. The number of aromatic nitrogens is 2. The second kappa shape index (κ2) is 15.0. The molecule has 2 heterocycles. The average molecular weight is 605 g/mol. The topological polar surface area (TPSA) is 155 Å². The van der Waals surface area contributed by atoms with Gasteiger partial charge in [-0.25, -0.2) is 34.7 Å². The first-order valence-corrected chi connectivity index (χ1v) is 14.0. The quantitative estimate of drug-likeness (QED) is 0.124. The van der Waals surface area contributed by atoms with E-state index in [1.807, 2.05) is 37.7 Å². The molecular weight excluding hydrogens is 558 g/mol. The molecule has 2 aromatic heterocycles. The van der Waals surface area contributed by atoms with Crippen molar-refractivity contribution in [3.8, 4) is 5.75 Å². The Balaban J connectivity index is 2.11. The third-order valence-corrected chi connectivity index (χ3v) is 5.15. The number of carbonyl (C=O) groups is 3. The van der Waals surface area contributed by atoms with Crippen molar-refractivity contribution in [2.45, 2.75) is 98.2 Å². The molecule has 0 radical (unpaired) electrons. The van der Waals surface area contributed by atoms with E-state index >= 15 is 0 Å². The van der Waals surface area contributed by atoms with Gasteiger partial charge in [-0.15, -0.1) is 0 Å². The van der Waals surface area contributed by atoms with Crippen LogP contribution in [0.5, 0.6) is 5.75 Å². The van der Waals surface area contributed by atoms with E-state index < -0.39 is 41.1 Å². The smallest absolute Gasteiger partial charge is 0.420 e. The van der Waals surface area contributed by atoms with Crippen molar-refractivity contribution >= 4 is 29.7 Å². The number of esters is 1. The van der Waals surface area contributed by atoms with Crippen LogP contribution in [-0.2, 0) is 30.4 Å². The van der Waals surface area contributed by atoms with Crippen molar-refractivity contribution in [3.05, 3.63) is 42.9 Å². The molecule has 238 valence electrons. The number of ether oxygens (including phenoxy) is 4. The zero-order chi connectivity index (χ0) is 32.4. The van der Waals surface area contributed by atoms with E-state index in [-0.39, 0.29) is 6.61 Å². The predicted molar refractivity (Wildman–Crippen MR) is 159 cm³/mol. The Labute approximate surface area is 253 Å². The summed E-state index contributed by atoms with van der Waals surface area (Å²) in [5, 5.41) is 2.74. The van der Waals surface area contributed by atoms with Gasteiger partial charge < -0.3 is 24.3 Å². The maximum atomic E-state index is 13.2. The third-order valence-electron chi connectivity index (χ3n) is 5.15. The summed E-state index contributed by atoms with van der Waals surface area (Å²) < 4.78 is 23.7. The van der Waals surface area contributed by atoms with Crippen LogP contribution in [-0.4, -0.2) is 59.2 Å². The lowest BCUT2D eigenvalue weighted by Gasteiger charge is -2.26. The molecule has 0 bridgehead atoms. The van der Waals surface area contributed by atoms with Crippen LogP contribution in [0.3, 0.4) is 0 Å². The largest absolute Gasteiger partial charge is 0.489 e. The van der Waals surface area contributed by atoms with E-state index in [9.17, 15) is 14.4 Å². The molecular formula is C30H46N5O8+. The number of hydrogen-bond donors (Lipinski definition) is 2. The Morgan fingerprint density at radius 3 is 2.02 bits per heavy atom. The minimum absolute atomic E-state index is 0.200. The van der Waals surface area contributed by atoms with Crippen molar-refractivity contribution in [2.24, 2.45) is 5.90 Å². The molecule has 0 aliphatic carbocycles. The van der Waals surface area contributed by atoms with Gasteiger partial charge in [0, 0.05) is 25.1 Å². The molecule has 2 aromatic rings. The summed E-state index contributed by atoms with van der Waals surface area (Å²) in [4.78, 5) is 47.8. The van der Waals surface area contributed by atoms with Crippen LogP contribution in [0.25, 0.3) is 0 Å². The van der Waals surface area contributed by atoms with Crippen LogP contribution in [0.1, 0.15) is 68.7 Å². The number of alkyl carbamates (subject to hydrolysis) is 1. The van der Waals surface area contributed by atoms with Crippen LogP contribution in [0.15, 0.2) is 42.9 Å². The number of rotatable bonds is 11. The first-order valence-electron chi connectivity index (χ1n) is 14.0. The number of nitrogens with one attached hydrogen (secondary N) is 1. The molecule has 0 saturated heterocycles. The van der Waals surface area contributed by atoms with Crippen LogP contribution < -0.4 is 25.4 Å². The fourth-order valence-corrected chi connectivity index (χ4v) is 3.45. The van der Waals surface area contributed by atoms with Gasteiger partial charge in [0.1, 0.15) is 41.5 Å². The first kappa shape index (κ1) is 35.2. The second-order valence-electron chi connectivity index (χ2n) is 12.7. The zero-order valence-corrected chi connectivity index (χ0v) is 26.6. The highest BCUT2D eigenvalue weighted by molar-refractivity contribution is 5.95. The van der Waals surface area contributed by atoms with Gasteiger partial charge in [-0.2, -0.15) is 0 Å². The zero-order valence-electron chi connectivity index (χ0n) is 26.6. The molecule has 2 rings (SSSR count). The van der Waals surface area contributed by atoms with E-state index in [0.717, 1.165) is 0 Å². The van der Waals surface area contributed by atoms with Gasteiger partial charge in [-0.1, -0.05) is 0 Å². The number of pyridine rings is 2. The summed E-state index contributed by atoms with van der Waals surface area (Å²) in [5.41, 5.74) is -1.48. The van der Waals surface area contributed by atoms with Gasteiger partial charge in [0.2, 0.25) is 6.10 Å². The van der Waals surface area contributed by atoms with Gasteiger partial charge in [0.15, 0.2) is 12.4 Å². The number of anilines is 2. The van der Waals surface area contributed by atoms with E-state index in [0.29, 0.717) is 36.8 Å². The summed E-state index contributed by atoms with van der Waals surface area (Å²) in [5.74, 6) is 5.23. The van der Waals surface area contributed by atoms with Crippen molar-refractivity contribution < 1.29 is 42.7 Å². The SMILES string of the molecule is CC(C)(C)OC(=O)NCCC[n+]1ccc(N(C(=O)OC(C)(C)C)c2ccc(OCC(ON)C(=O)OC(C)(C)C)cn2)cc1. The third kappa shape index (κ3) is 13.3. The van der Waals surface area contributed by atoms with Crippen LogP contribution in [0.2, 0.25) is 0 Å². The maximum Gasteiger partial charge on any atom is 0.420 e. The van der Waals surface area contributed by atoms with E-state index in [4.69, 9.17) is 29.7 Å². The molecule has 13 nitrogen and oxygen atoms in total. The molecule has 43 heavy (non-hydrogen) atoms. The minimum Gasteiger partial charge on any atom is -0.489 e. The predicted octanol–water partition coefficient (Wildman–Crippen LogP) is 4.34. The summed E-state index contributed by atoms with van der Waals surface area (Å²) in [6.45, 7) is 16.8. The molecule has 1 atom stereocenters. The highest BCUT2D eigenvalue weighted by Gasteiger charge is 2.28. The van der Waals surface area contributed by atoms with E-state index in [1.54, 1.807) is 65.8 Å². The summed E-state index contributed by atoms with van der Waals surface area (Å²) >= 11 is 0. The number of amides is 2. The van der Waals surface area contributed by atoms with Gasteiger partial charge in [-0.05, 0) is 74.4 Å². The number of aryl methyl sites for hydroxylation is 1. The normalized spacial score (nSPS) is 12.6. The number of carbonyl (C=O) groups excluding carboxylic acids is 3. The van der Waals surface area contributed by atoms with E-state index in [2.05, 4.69) is 10.3 Å². The van der Waals surface area contributed by atoms with Crippen molar-refractivity contribution in [3.63, 3.8) is 0 Å². The highest BCUT2D eigenvalue weighted by Crippen LogP contribution is 2.27. The van der Waals surface area contributed by atoms with Gasteiger partial charge >= 0.3 is 18.2 Å². The molecule has 0 saturated carbocycles. The lowest BCUT2D eigenvalue weighted by atomic mass is 10.2. The molecule has 0 spiro atoms. The monoisotopic (exact) mass is 604 g/mol. The van der Waals surface area contributed by atoms with Crippen molar-refractivity contribution in [1.29, 1.82) is 0 Å². The first-order chi connectivity index (χ1) is 19.9. The number of hydrogen-bond acceptors (Lipinski definition) is 10. The molecule has 2 amide bonds. The van der Waals surface area contributed by atoms with Crippen LogP contribution in [0, 0.1) is 0 Å². The van der Waals surface area contributed by atoms with E-state index in [1.165, 1.54) is 11.1 Å². The average Bonchev–Trinajstić information content (AvgIpc) is 2.86.